The van der Waals surface area contributed by atoms with Crippen LogP contribution >= 0.6 is 23.2 Å². The van der Waals surface area contributed by atoms with Crippen LogP contribution in [0.4, 0.5) is 4.79 Å². The predicted molar refractivity (Wildman–Crippen MR) is 173 cm³/mol. The van der Waals surface area contributed by atoms with Crippen LogP contribution in [0.25, 0.3) is 33.8 Å². The van der Waals surface area contributed by atoms with E-state index in [1.54, 1.807) is 53.6 Å². The minimum absolute atomic E-state index is 0.0195. The summed E-state index contributed by atoms with van der Waals surface area (Å²) >= 11 is 13.8. The number of carbonyl (C=O) groups is 3. The number of likely N-dealkylation sites (tertiary alicyclic amines) is 1. The Labute approximate surface area is 275 Å². The number of pyridine rings is 3. The molecule has 4 heterocycles. The summed E-state index contributed by atoms with van der Waals surface area (Å²) in [6, 6.07) is 14.0. The van der Waals surface area contributed by atoms with Gasteiger partial charge in [0.05, 0.1) is 53.5 Å². The molecule has 1 aliphatic rings. The van der Waals surface area contributed by atoms with Crippen molar-refractivity contribution in [2.24, 2.45) is 0 Å². The number of halogens is 2. The SMILES string of the molecule is COc1nc(-c2cccc(-c3nccc(-c4ccc(CNC(=O)OC5CCN(C(C)=O)CC5)c(OC)n4)c3Cl)c2Cl)ccc1C=O. The van der Waals surface area contributed by atoms with E-state index in [2.05, 4.69) is 20.3 Å². The number of methoxy groups -OCH3 is 2. The Hall–Kier alpha value is -4.74. The topological polar surface area (TPSA) is 133 Å². The fourth-order valence-electron chi connectivity index (χ4n) is 5.18. The second kappa shape index (κ2) is 14.6. The monoisotopic (exact) mass is 663 g/mol. The van der Waals surface area contributed by atoms with Crippen molar-refractivity contribution in [2.75, 3.05) is 27.3 Å². The first-order valence-corrected chi connectivity index (χ1v) is 15.2. The van der Waals surface area contributed by atoms with Crippen molar-refractivity contribution in [3.63, 3.8) is 0 Å². The van der Waals surface area contributed by atoms with Crippen molar-refractivity contribution in [1.82, 2.24) is 25.2 Å². The molecule has 0 unspecified atom stereocenters. The van der Waals surface area contributed by atoms with Gasteiger partial charge in [0.2, 0.25) is 17.7 Å². The lowest BCUT2D eigenvalue weighted by molar-refractivity contribution is -0.130. The molecule has 13 heteroatoms. The third kappa shape index (κ3) is 7.05. The molecule has 2 amide bonds. The molecule has 1 aliphatic heterocycles. The Morgan fingerprint density at radius 3 is 2.24 bits per heavy atom. The van der Waals surface area contributed by atoms with Crippen LogP contribution in [-0.2, 0) is 16.1 Å². The lowest BCUT2D eigenvalue weighted by atomic mass is 10.0. The molecule has 1 fully saturated rings. The van der Waals surface area contributed by atoms with Gasteiger partial charge in [0.25, 0.3) is 0 Å². The van der Waals surface area contributed by atoms with Gasteiger partial charge in [0.1, 0.15) is 6.10 Å². The van der Waals surface area contributed by atoms with Crippen LogP contribution in [0, 0.1) is 0 Å². The van der Waals surface area contributed by atoms with Crippen LogP contribution in [-0.4, -0.2) is 71.6 Å². The molecular weight excluding hydrogens is 633 g/mol. The summed E-state index contributed by atoms with van der Waals surface area (Å²) in [5.41, 5.74) is 4.21. The number of hydrogen-bond acceptors (Lipinski definition) is 9. The maximum absolute atomic E-state index is 12.5. The summed E-state index contributed by atoms with van der Waals surface area (Å²) in [5, 5.41) is 3.44. The number of ether oxygens (including phenoxy) is 3. The van der Waals surface area contributed by atoms with Crippen LogP contribution in [0.2, 0.25) is 10.0 Å². The van der Waals surface area contributed by atoms with E-state index < -0.39 is 6.09 Å². The second-order valence-electron chi connectivity index (χ2n) is 10.4. The highest BCUT2D eigenvalue weighted by Gasteiger charge is 2.24. The maximum Gasteiger partial charge on any atom is 0.407 e. The van der Waals surface area contributed by atoms with Crippen LogP contribution < -0.4 is 14.8 Å². The summed E-state index contributed by atoms with van der Waals surface area (Å²) in [6.45, 7) is 2.79. The highest BCUT2D eigenvalue weighted by molar-refractivity contribution is 6.39. The lowest BCUT2D eigenvalue weighted by Crippen LogP contribution is -2.41. The Kier molecular flexibility index (Phi) is 10.3. The van der Waals surface area contributed by atoms with Gasteiger partial charge in [-0.25, -0.2) is 14.8 Å². The Bertz CT molecular complexity index is 1780. The van der Waals surface area contributed by atoms with Gasteiger partial charge in [-0.1, -0.05) is 41.4 Å². The number of aromatic nitrogens is 3. The van der Waals surface area contributed by atoms with Crippen molar-refractivity contribution in [3.05, 3.63) is 75.9 Å². The average Bonchev–Trinajstić information content (AvgIpc) is 3.07. The van der Waals surface area contributed by atoms with Crippen molar-refractivity contribution < 1.29 is 28.6 Å². The summed E-state index contributed by atoms with van der Waals surface area (Å²) in [7, 11) is 2.93. The van der Waals surface area contributed by atoms with Gasteiger partial charge in [-0.15, -0.1) is 0 Å². The van der Waals surface area contributed by atoms with Gasteiger partial charge in [-0.05, 0) is 30.3 Å². The molecule has 1 aromatic carbocycles. The fourth-order valence-corrected chi connectivity index (χ4v) is 5.80. The molecule has 0 radical (unpaired) electrons. The van der Waals surface area contributed by atoms with E-state index in [1.165, 1.54) is 21.1 Å². The summed E-state index contributed by atoms with van der Waals surface area (Å²) in [4.78, 5) is 50.7. The minimum atomic E-state index is -0.554. The zero-order valence-electron chi connectivity index (χ0n) is 25.4. The first-order valence-electron chi connectivity index (χ1n) is 14.4. The van der Waals surface area contributed by atoms with Crippen molar-refractivity contribution in [1.29, 1.82) is 0 Å². The van der Waals surface area contributed by atoms with Gasteiger partial charge in [0.15, 0.2) is 6.29 Å². The highest BCUT2D eigenvalue weighted by Crippen LogP contribution is 2.41. The number of aldehydes is 1. The molecular formula is C33H31Cl2N5O6. The molecule has 0 bridgehead atoms. The number of benzene rings is 1. The second-order valence-corrected chi connectivity index (χ2v) is 11.2. The summed E-state index contributed by atoms with van der Waals surface area (Å²) in [5.74, 6) is 0.515. The molecule has 1 N–H and O–H groups in total. The lowest BCUT2D eigenvalue weighted by Gasteiger charge is -2.30. The Morgan fingerprint density at radius 1 is 0.913 bits per heavy atom. The third-order valence-corrected chi connectivity index (χ3v) is 8.41. The molecule has 0 spiro atoms. The molecule has 238 valence electrons. The Balaban J connectivity index is 1.34. The molecule has 3 aromatic heterocycles. The molecule has 0 saturated carbocycles. The van der Waals surface area contributed by atoms with Crippen molar-refractivity contribution in [2.45, 2.75) is 32.4 Å². The van der Waals surface area contributed by atoms with E-state index in [0.717, 1.165) is 0 Å². The van der Waals surface area contributed by atoms with Gasteiger partial charge in [-0.3, -0.25) is 14.6 Å². The molecule has 11 nitrogen and oxygen atoms in total. The smallest absolute Gasteiger partial charge is 0.407 e. The standard InChI is InChI=1S/C33H31Cl2N5O6/c1-19(42)40-15-12-22(13-16-40)46-33(43)37-17-20-7-9-27(38-31(20)44-2)24-11-14-36-30(29(24)35)25-6-4-5-23(28(25)34)26-10-8-21(18-41)32(39-26)45-3/h4-11,14,18,22H,12-13,15-17H2,1-3H3,(H,37,43). The summed E-state index contributed by atoms with van der Waals surface area (Å²) < 4.78 is 16.3. The van der Waals surface area contributed by atoms with Crippen LogP contribution in [0.15, 0.2) is 54.7 Å². The van der Waals surface area contributed by atoms with E-state index in [9.17, 15) is 14.4 Å². The molecule has 1 saturated heterocycles. The number of alkyl carbamates (subject to hydrolysis) is 1. The first-order chi connectivity index (χ1) is 22.2. The van der Waals surface area contributed by atoms with Gasteiger partial charge in [-0.2, -0.15) is 0 Å². The largest absolute Gasteiger partial charge is 0.481 e. The van der Waals surface area contributed by atoms with E-state index in [1.807, 2.05) is 6.07 Å². The van der Waals surface area contributed by atoms with E-state index in [-0.39, 0.29) is 24.4 Å². The average molecular weight is 665 g/mol. The first kappa shape index (κ1) is 32.6. The number of rotatable bonds is 9. The minimum Gasteiger partial charge on any atom is -0.481 e. The van der Waals surface area contributed by atoms with Crippen molar-refractivity contribution in [3.8, 4) is 45.5 Å². The fraction of sp³-hybridized carbons (Fsp3) is 0.273. The number of carbonyl (C=O) groups excluding carboxylic acids is 3. The van der Waals surface area contributed by atoms with Crippen molar-refractivity contribution >= 4 is 41.5 Å². The van der Waals surface area contributed by atoms with Crippen LogP contribution in [0.1, 0.15) is 35.7 Å². The van der Waals surface area contributed by atoms with E-state index in [4.69, 9.17) is 37.4 Å². The number of nitrogens with one attached hydrogen (secondary N) is 1. The molecule has 0 aliphatic carbocycles. The molecule has 4 aromatic rings. The molecule has 0 atom stereocenters. The van der Waals surface area contributed by atoms with Crippen LogP contribution in [0.5, 0.6) is 11.8 Å². The quantitative estimate of drug-likeness (QED) is 0.206. The number of nitrogens with zero attached hydrogens (tertiary/aromatic N) is 4. The normalized spacial score (nSPS) is 13.2. The zero-order chi connectivity index (χ0) is 32.8. The molecule has 5 rings (SSSR count). The number of piperidine rings is 1. The predicted octanol–water partition coefficient (Wildman–Crippen LogP) is 6.25. The highest BCUT2D eigenvalue weighted by atomic mass is 35.5. The van der Waals surface area contributed by atoms with E-state index >= 15 is 0 Å². The zero-order valence-corrected chi connectivity index (χ0v) is 26.9. The number of hydrogen-bond donors (Lipinski definition) is 1. The maximum atomic E-state index is 12.5. The summed E-state index contributed by atoms with van der Waals surface area (Å²) in [6.07, 6.45) is 2.67. The Morgan fingerprint density at radius 2 is 1.57 bits per heavy atom. The third-order valence-electron chi connectivity index (χ3n) is 7.62. The van der Waals surface area contributed by atoms with E-state index in [0.29, 0.717) is 93.0 Å². The number of amides is 2. The van der Waals surface area contributed by atoms with Gasteiger partial charge < -0.3 is 24.4 Å². The molecule has 46 heavy (non-hydrogen) atoms. The van der Waals surface area contributed by atoms with Gasteiger partial charge in [0, 0.05) is 61.3 Å². The van der Waals surface area contributed by atoms with Crippen LogP contribution in [0.3, 0.4) is 0 Å². The van der Waals surface area contributed by atoms with Gasteiger partial charge >= 0.3 is 6.09 Å².